The van der Waals surface area contributed by atoms with Crippen LogP contribution in [0, 0.1) is 0 Å². The quantitative estimate of drug-likeness (QED) is 0.474. The highest BCUT2D eigenvalue weighted by molar-refractivity contribution is 5.94. The summed E-state index contributed by atoms with van der Waals surface area (Å²) < 4.78 is 0. The van der Waals surface area contributed by atoms with Crippen LogP contribution in [-0.4, -0.2) is 62.8 Å². The topological polar surface area (TPSA) is 36.0 Å². The number of rotatable bonds is 8. The van der Waals surface area contributed by atoms with E-state index in [0.29, 0.717) is 11.5 Å². The van der Waals surface area contributed by atoms with E-state index in [1.54, 1.807) is 7.05 Å². The molecule has 1 aliphatic heterocycles. The highest BCUT2D eigenvalue weighted by atomic mass is 16.7. The summed E-state index contributed by atoms with van der Waals surface area (Å²) in [5, 5.41) is 1.26. The first-order chi connectivity index (χ1) is 16.2. The van der Waals surface area contributed by atoms with Gasteiger partial charge >= 0.3 is 0 Å². The minimum atomic E-state index is -0.133. The van der Waals surface area contributed by atoms with Crippen LogP contribution < -0.4 is 4.90 Å². The molecule has 5 nitrogen and oxygen atoms in total. The molecule has 3 aromatic carbocycles. The van der Waals surface area contributed by atoms with E-state index >= 15 is 0 Å². The molecular formula is C28H33N3O2. The van der Waals surface area contributed by atoms with Crippen molar-refractivity contribution in [1.29, 1.82) is 0 Å². The lowest BCUT2D eigenvalue weighted by molar-refractivity contribution is -0.0756. The number of piperazine rings is 1. The first-order valence-corrected chi connectivity index (χ1v) is 11.6. The third kappa shape index (κ3) is 5.81. The van der Waals surface area contributed by atoms with Crippen molar-refractivity contribution in [3.63, 3.8) is 0 Å². The van der Waals surface area contributed by atoms with Crippen LogP contribution in [-0.2, 0) is 4.84 Å². The Bertz CT molecular complexity index is 978. The van der Waals surface area contributed by atoms with E-state index in [4.69, 9.17) is 4.84 Å². The fourth-order valence-electron chi connectivity index (χ4n) is 4.54. The minimum absolute atomic E-state index is 0.133. The maximum Gasteiger partial charge on any atom is 0.277 e. The predicted molar refractivity (Wildman–Crippen MR) is 134 cm³/mol. The third-order valence-electron chi connectivity index (χ3n) is 6.53. The summed E-state index contributed by atoms with van der Waals surface area (Å²) in [6.07, 6.45) is 1.10. The molecule has 0 aromatic heterocycles. The molecule has 1 amide bonds. The SMILES string of the molecule is CON(C)C(=O)c1cccc(N2CCN(CCC(c3ccccc3)c3ccccc3)CC2)c1. The molecule has 1 fully saturated rings. The van der Waals surface area contributed by atoms with Gasteiger partial charge in [-0.1, -0.05) is 66.7 Å². The molecule has 0 aliphatic carbocycles. The van der Waals surface area contributed by atoms with Crippen molar-refractivity contribution in [3.8, 4) is 0 Å². The number of nitrogens with zero attached hydrogens (tertiary/aromatic N) is 3. The molecular weight excluding hydrogens is 410 g/mol. The van der Waals surface area contributed by atoms with Crippen molar-refractivity contribution in [1.82, 2.24) is 9.96 Å². The number of hydrogen-bond acceptors (Lipinski definition) is 4. The maximum atomic E-state index is 12.4. The van der Waals surface area contributed by atoms with Crippen LogP contribution in [0.3, 0.4) is 0 Å². The van der Waals surface area contributed by atoms with E-state index in [9.17, 15) is 4.79 Å². The van der Waals surface area contributed by atoms with Crippen LogP contribution in [0.1, 0.15) is 33.8 Å². The summed E-state index contributed by atoms with van der Waals surface area (Å²) in [4.78, 5) is 22.4. The molecule has 0 spiro atoms. The molecule has 1 heterocycles. The van der Waals surface area contributed by atoms with Crippen molar-refractivity contribution >= 4 is 11.6 Å². The molecule has 0 atom stereocenters. The molecule has 33 heavy (non-hydrogen) atoms. The van der Waals surface area contributed by atoms with Crippen LogP contribution in [0.25, 0.3) is 0 Å². The van der Waals surface area contributed by atoms with Crippen molar-refractivity contribution < 1.29 is 9.63 Å². The van der Waals surface area contributed by atoms with Gasteiger partial charge in [0.15, 0.2) is 0 Å². The number of anilines is 1. The average molecular weight is 444 g/mol. The van der Waals surface area contributed by atoms with Crippen molar-refractivity contribution in [2.75, 3.05) is 51.8 Å². The number of benzene rings is 3. The Balaban J connectivity index is 1.36. The van der Waals surface area contributed by atoms with Crippen LogP contribution in [0.15, 0.2) is 84.9 Å². The minimum Gasteiger partial charge on any atom is -0.369 e. The van der Waals surface area contributed by atoms with E-state index in [0.717, 1.165) is 44.8 Å². The molecule has 172 valence electrons. The van der Waals surface area contributed by atoms with Crippen LogP contribution in [0.4, 0.5) is 5.69 Å². The van der Waals surface area contributed by atoms with Gasteiger partial charge in [-0.15, -0.1) is 0 Å². The zero-order valence-corrected chi connectivity index (χ0v) is 19.6. The van der Waals surface area contributed by atoms with Gasteiger partial charge in [-0.05, 0) is 42.3 Å². The lowest BCUT2D eigenvalue weighted by Crippen LogP contribution is -2.46. The predicted octanol–water partition coefficient (Wildman–Crippen LogP) is 4.66. The first kappa shape index (κ1) is 23.0. The normalized spacial score (nSPS) is 14.5. The van der Waals surface area contributed by atoms with Gasteiger partial charge in [-0.25, -0.2) is 5.06 Å². The van der Waals surface area contributed by atoms with Gasteiger partial charge in [-0.2, -0.15) is 0 Å². The Morgan fingerprint density at radius 1 is 0.879 bits per heavy atom. The van der Waals surface area contributed by atoms with Crippen LogP contribution in [0.2, 0.25) is 0 Å². The Morgan fingerprint density at radius 3 is 2.06 bits per heavy atom. The highest BCUT2D eigenvalue weighted by Gasteiger charge is 2.21. The van der Waals surface area contributed by atoms with Gasteiger partial charge in [-0.3, -0.25) is 14.5 Å². The molecule has 0 saturated carbocycles. The largest absolute Gasteiger partial charge is 0.369 e. The molecule has 5 heteroatoms. The monoisotopic (exact) mass is 443 g/mol. The van der Waals surface area contributed by atoms with E-state index < -0.39 is 0 Å². The zero-order chi connectivity index (χ0) is 23.0. The molecule has 1 saturated heterocycles. The molecule has 0 bridgehead atoms. The number of hydrogen-bond donors (Lipinski definition) is 0. The Labute approximate surface area is 197 Å². The molecule has 0 unspecified atom stereocenters. The molecule has 3 aromatic rings. The molecule has 0 N–H and O–H groups in total. The second kappa shape index (κ2) is 11.1. The van der Waals surface area contributed by atoms with E-state index in [1.165, 1.54) is 23.3 Å². The number of amides is 1. The Kier molecular flexibility index (Phi) is 7.76. The lowest BCUT2D eigenvalue weighted by Gasteiger charge is -2.37. The molecule has 4 rings (SSSR count). The van der Waals surface area contributed by atoms with Crippen LogP contribution in [0.5, 0.6) is 0 Å². The summed E-state index contributed by atoms with van der Waals surface area (Å²) in [6, 6.07) is 29.5. The summed E-state index contributed by atoms with van der Waals surface area (Å²) >= 11 is 0. The number of carbonyl (C=O) groups is 1. The fourth-order valence-corrected chi connectivity index (χ4v) is 4.54. The number of hydroxylamine groups is 2. The van der Waals surface area contributed by atoms with E-state index in [2.05, 4.69) is 76.5 Å². The van der Waals surface area contributed by atoms with Gasteiger partial charge in [0.25, 0.3) is 5.91 Å². The first-order valence-electron chi connectivity index (χ1n) is 11.6. The molecule has 1 aliphatic rings. The second-order valence-corrected chi connectivity index (χ2v) is 8.53. The van der Waals surface area contributed by atoms with Gasteiger partial charge in [0.2, 0.25) is 0 Å². The zero-order valence-electron chi connectivity index (χ0n) is 19.6. The fraction of sp³-hybridized carbons (Fsp3) is 0.321. The summed E-state index contributed by atoms with van der Waals surface area (Å²) in [5.41, 5.74) is 4.50. The Morgan fingerprint density at radius 2 is 1.48 bits per heavy atom. The van der Waals surface area contributed by atoms with Gasteiger partial charge in [0, 0.05) is 50.4 Å². The third-order valence-corrected chi connectivity index (χ3v) is 6.53. The maximum absolute atomic E-state index is 12.4. The van der Waals surface area contributed by atoms with Crippen molar-refractivity contribution in [3.05, 3.63) is 102 Å². The molecule has 0 radical (unpaired) electrons. The number of carbonyl (C=O) groups excluding carboxylic acids is 1. The second-order valence-electron chi connectivity index (χ2n) is 8.53. The lowest BCUT2D eigenvalue weighted by atomic mass is 9.88. The standard InChI is InChI=1S/C28H33N3O2/c1-29(33-2)28(32)25-14-9-15-26(22-25)31-20-18-30(19-21-31)17-16-27(23-10-5-3-6-11-23)24-12-7-4-8-13-24/h3-15,22,27H,16-21H2,1-2H3. The Hall–Kier alpha value is -3.15. The highest BCUT2D eigenvalue weighted by Crippen LogP contribution is 2.28. The van der Waals surface area contributed by atoms with Gasteiger partial charge < -0.3 is 4.90 Å². The van der Waals surface area contributed by atoms with Crippen molar-refractivity contribution in [2.24, 2.45) is 0 Å². The van der Waals surface area contributed by atoms with Gasteiger partial charge in [0.05, 0.1) is 7.11 Å². The van der Waals surface area contributed by atoms with E-state index in [1.807, 2.05) is 18.2 Å². The van der Waals surface area contributed by atoms with Gasteiger partial charge in [0.1, 0.15) is 0 Å². The van der Waals surface area contributed by atoms with E-state index in [-0.39, 0.29) is 5.91 Å². The average Bonchev–Trinajstić information content (AvgIpc) is 2.89. The summed E-state index contributed by atoms with van der Waals surface area (Å²) in [5.74, 6) is 0.275. The summed E-state index contributed by atoms with van der Waals surface area (Å²) in [7, 11) is 3.13. The van der Waals surface area contributed by atoms with Crippen molar-refractivity contribution in [2.45, 2.75) is 12.3 Å². The summed E-state index contributed by atoms with van der Waals surface area (Å²) in [6.45, 7) is 5.02. The smallest absolute Gasteiger partial charge is 0.277 e. The van der Waals surface area contributed by atoms with Crippen LogP contribution >= 0.6 is 0 Å².